The van der Waals surface area contributed by atoms with E-state index >= 15 is 0 Å². The highest BCUT2D eigenvalue weighted by Gasteiger charge is 2.18. The highest BCUT2D eigenvalue weighted by Crippen LogP contribution is 2.40. The zero-order valence-electron chi connectivity index (χ0n) is 32.5. The maximum absolute atomic E-state index is 9.52. The molecule has 4 aromatic heterocycles. The number of fused-ring (bicyclic) bond motifs is 9. The van der Waals surface area contributed by atoms with E-state index in [2.05, 4.69) is 0 Å². The zero-order valence-corrected chi connectivity index (χ0v) is 26.5. The molecule has 0 spiro atoms. The van der Waals surface area contributed by atoms with Gasteiger partial charge in [0.1, 0.15) is 33.5 Å². The van der Waals surface area contributed by atoms with E-state index in [1.54, 1.807) is 12.1 Å². The highest BCUT2D eigenvalue weighted by atomic mass is 16.3. The van der Waals surface area contributed by atoms with Gasteiger partial charge in [0.2, 0.25) is 0 Å². The van der Waals surface area contributed by atoms with Gasteiger partial charge in [0.05, 0.1) is 8.22 Å². The molecule has 0 unspecified atom stereocenters. The molecule has 11 rings (SSSR count). The van der Waals surface area contributed by atoms with Crippen LogP contribution in [0.15, 0.2) is 165 Å². The lowest BCUT2D eigenvalue weighted by Gasteiger charge is -2.08. The van der Waals surface area contributed by atoms with Crippen molar-refractivity contribution in [3.63, 3.8) is 0 Å². The predicted molar refractivity (Wildman–Crippen MR) is 203 cm³/mol. The summed E-state index contributed by atoms with van der Waals surface area (Å²) in [5, 5.41) is 3.71. The summed E-state index contributed by atoms with van der Waals surface area (Å²) in [7, 11) is 0. The van der Waals surface area contributed by atoms with Gasteiger partial charge in [-0.15, -0.1) is 0 Å². The summed E-state index contributed by atoms with van der Waals surface area (Å²) in [4.78, 5) is 14.4. The van der Waals surface area contributed by atoms with Crippen molar-refractivity contribution in [2.75, 3.05) is 0 Å². The molecule has 0 aliphatic rings. The maximum Gasteiger partial charge on any atom is 0.164 e. The Hall–Kier alpha value is -7.05. The lowest BCUT2D eigenvalue weighted by molar-refractivity contribution is 0.668. The predicted octanol–water partition coefficient (Wildman–Crippen LogP) is 12.2. The number of hydrogen-bond acceptors (Lipinski definition) is 6. The number of nitrogens with zero attached hydrogens (tertiary/aromatic N) is 3. The molecule has 0 amide bonds. The second-order valence-electron chi connectivity index (χ2n) is 12.3. The summed E-state index contributed by atoms with van der Waals surface area (Å²) in [6, 6.07) is 33.9. The Morgan fingerprint density at radius 1 is 0.392 bits per heavy atom. The second-order valence-corrected chi connectivity index (χ2v) is 12.3. The van der Waals surface area contributed by atoms with Gasteiger partial charge in [-0.05, 0) is 60.1 Å². The molecule has 7 aromatic carbocycles. The normalized spacial score (nSPS) is 13.6. The van der Waals surface area contributed by atoms with Crippen LogP contribution in [-0.4, -0.2) is 15.0 Å². The Balaban J connectivity index is 1.16. The molecule has 11 aromatic rings. The van der Waals surface area contributed by atoms with Gasteiger partial charge in [-0.2, -0.15) is 0 Å². The van der Waals surface area contributed by atoms with E-state index in [1.807, 2.05) is 103 Å². The molecule has 51 heavy (non-hydrogen) atoms. The van der Waals surface area contributed by atoms with Crippen LogP contribution in [0, 0.1) is 0 Å². The Bertz CT molecular complexity index is 3500. The zero-order chi connectivity index (χ0) is 38.7. The van der Waals surface area contributed by atoms with Crippen molar-refractivity contribution in [1.29, 1.82) is 0 Å². The number of furan rings is 3. The van der Waals surface area contributed by atoms with Crippen molar-refractivity contribution in [3.05, 3.63) is 152 Å². The van der Waals surface area contributed by atoms with Crippen molar-refractivity contribution >= 4 is 65.8 Å². The van der Waals surface area contributed by atoms with Crippen LogP contribution in [0.5, 0.6) is 0 Å². The first-order valence-corrected chi connectivity index (χ1v) is 16.4. The molecule has 0 radical (unpaired) electrons. The Morgan fingerprint density at radius 2 is 1.04 bits per heavy atom. The van der Waals surface area contributed by atoms with E-state index in [0.717, 1.165) is 27.1 Å². The van der Waals surface area contributed by atoms with Gasteiger partial charge in [0.25, 0.3) is 0 Å². The fourth-order valence-corrected chi connectivity index (χ4v) is 6.81. The molecule has 0 saturated heterocycles. The van der Waals surface area contributed by atoms with Gasteiger partial charge in [-0.25, -0.2) is 15.0 Å². The first kappa shape index (κ1) is 22.6. The summed E-state index contributed by atoms with van der Waals surface area (Å²) in [6.07, 6.45) is 0. The third-order valence-corrected chi connectivity index (χ3v) is 9.25. The van der Waals surface area contributed by atoms with Gasteiger partial charge in [0.15, 0.2) is 17.5 Å². The molecular formula is C45H25N3O3. The van der Waals surface area contributed by atoms with Crippen LogP contribution in [0.4, 0.5) is 0 Å². The monoisotopic (exact) mass is 661 g/mol. The van der Waals surface area contributed by atoms with Crippen molar-refractivity contribution in [3.8, 4) is 45.3 Å². The van der Waals surface area contributed by atoms with Gasteiger partial charge < -0.3 is 13.3 Å². The molecule has 0 aliphatic carbocycles. The van der Waals surface area contributed by atoms with Crippen molar-refractivity contribution in [2.24, 2.45) is 0 Å². The van der Waals surface area contributed by atoms with E-state index in [1.165, 1.54) is 0 Å². The summed E-state index contributed by atoms with van der Waals surface area (Å²) in [5.41, 5.74) is 4.69. The molecule has 238 valence electrons. The molecule has 0 N–H and O–H groups in total. The van der Waals surface area contributed by atoms with E-state index < -0.39 is 0 Å². The standard InChI is InChI=1S/C45H25N3O3/c1-2-9-26(10-3-1)43-46-44(28-19-22-39-36(23-28)32-12-5-7-16-38(32)49-39)48-45(47-43)29-18-21-34-35-14-8-13-30(42(35)51-41(34)25-29)27-17-20-33-31-11-4-6-15-37(31)50-40(33)24-27/h1-25H/i8D,13D,14D,18D,21D,25D. The number of para-hydroxylation sites is 3. The molecule has 6 nitrogen and oxygen atoms in total. The van der Waals surface area contributed by atoms with E-state index in [4.69, 9.17) is 32.3 Å². The minimum Gasteiger partial charge on any atom is -0.456 e. The first-order chi connectivity index (χ1) is 27.7. The Kier molecular flexibility index (Phi) is 4.74. The number of benzene rings is 7. The van der Waals surface area contributed by atoms with Crippen LogP contribution < -0.4 is 0 Å². The fourth-order valence-electron chi connectivity index (χ4n) is 6.81. The molecule has 4 heterocycles. The van der Waals surface area contributed by atoms with Crippen LogP contribution in [0.3, 0.4) is 0 Å². The fraction of sp³-hybridized carbons (Fsp3) is 0. The minimum atomic E-state index is -0.372. The van der Waals surface area contributed by atoms with Crippen LogP contribution in [0.25, 0.3) is 111 Å². The van der Waals surface area contributed by atoms with Crippen LogP contribution in [-0.2, 0) is 0 Å². The topological polar surface area (TPSA) is 78.1 Å². The van der Waals surface area contributed by atoms with Gasteiger partial charge >= 0.3 is 0 Å². The molecule has 0 fully saturated rings. The summed E-state index contributed by atoms with van der Waals surface area (Å²) in [5.74, 6) is 0.582. The first-order valence-electron chi connectivity index (χ1n) is 19.4. The van der Waals surface area contributed by atoms with E-state index in [-0.39, 0.29) is 81.0 Å². The molecule has 0 aliphatic heterocycles. The maximum atomic E-state index is 9.52. The molecule has 0 saturated carbocycles. The molecule has 0 bridgehead atoms. The SMILES string of the molecule is [2H]c1c([2H])c([2H])c2c(oc3c([2H])c(-c4nc(-c5ccccc5)nc(-c5ccc6oc7ccccc7c6c5)n4)c([2H])c([2H])c32)c1-c1ccc2c(c1)oc1ccccc12. The average molecular weight is 662 g/mol. The second kappa shape index (κ2) is 10.7. The van der Waals surface area contributed by atoms with Gasteiger partial charge in [-0.1, -0.05) is 97.0 Å². The van der Waals surface area contributed by atoms with Crippen molar-refractivity contribution in [2.45, 2.75) is 0 Å². The molecular weight excluding hydrogens is 631 g/mol. The number of aromatic nitrogens is 3. The Labute approximate surface area is 298 Å². The largest absolute Gasteiger partial charge is 0.456 e. The average Bonchev–Trinajstić information content (AvgIpc) is 3.94. The summed E-state index contributed by atoms with van der Waals surface area (Å²) in [6.45, 7) is 0. The highest BCUT2D eigenvalue weighted by molar-refractivity contribution is 6.12. The quantitative estimate of drug-likeness (QED) is 0.187. The summed E-state index contributed by atoms with van der Waals surface area (Å²) >= 11 is 0. The third-order valence-electron chi connectivity index (χ3n) is 9.25. The van der Waals surface area contributed by atoms with Gasteiger partial charge in [-0.3, -0.25) is 0 Å². The smallest absolute Gasteiger partial charge is 0.164 e. The third kappa shape index (κ3) is 4.40. The van der Waals surface area contributed by atoms with E-state index in [9.17, 15) is 4.11 Å². The minimum absolute atomic E-state index is 0.00845. The number of rotatable bonds is 4. The molecule has 6 heteroatoms. The molecule has 0 atom stereocenters. The lowest BCUT2D eigenvalue weighted by Crippen LogP contribution is -2.00. The van der Waals surface area contributed by atoms with Crippen LogP contribution in [0.1, 0.15) is 8.22 Å². The number of hydrogen-bond donors (Lipinski definition) is 0. The van der Waals surface area contributed by atoms with Crippen molar-refractivity contribution in [1.82, 2.24) is 15.0 Å². The Morgan fingerprint density at radius 3 is 1.86 bits per heavy atom. The van der Waals surface area contributed by atoms with Gasteiger partial charge in [0, 0.05) is 54.6 Å². The van der Waals surface area contributed by atoms with Crippen LogP contribution >= 0.6 is 0 Å². The van der Waals surface area contributed by atoms with Crippen molar-refractivity contribution < 1.29 is 21.5 Å². The van der Waals surface area contributed by atoms with Crippen LogP contribution in [0.2, 0.25) is 0 Å². The van der Waals surface area contributed by atoms with E-state index in [0.29, 0.717) is 39.3 Å². The lowest BCUT2D eigenvalue weighted by atomic mass is 10.0. The summed E-state index contributed by atoms with van der Waals surface area (Å²) < 4.78 is 73.5.